The lowest BCUT2D eigenvalue weighted by Gasteiger charge is -2.21. The summed E-state index contributed by atoms with van der Waals surface area (Å²) in [5.41, 5.74) is 1.05. The molecule has 0 spiro atoms. The molecule has 1 aliphatic heterocycles. The van der Waals surface area contributed by atoms with Gasteiger partial charge >= 0.3 is 0 Å². The van der Waals surface area contributed by atoms with E-state index in [-0.39, 0.29) is 0 Å². The summed E-state index contributed by atoms with van der Waals surface area (Å²) in [6.07, 6.45) is 2.23. The molecule has 21 heavy (non-hydrogen) atoms. The van der Waals surface area contributed by atoms with E-state index in [1.54, 1.807) is 6.07 Å². The molecule has 0 amide bonds. The Morgan fingerprint density at radius 3 is 2.71 bits per heavy atom. The summed E-state index contributed by atoms with van der Waals surface area (Å²) in [4.78, 5) is 1.10. The van der Waals surface area contributed by atoms with Crippen LogP contribution in [0.1, 0.15) is 30.2 Å². The molecular weight excluding hydrogens is 324 g/mol. The molecule has 0 bridgehead atoms. The van der Waals surface area contributed by atoms with Gasteiger partial charge in [0, 0.05) is 18.0 Å². The van der Waals surface area contributed by atoms with Crippen LogP contribution < -0.4 is 10.0 Å². The number of thiophene rings is 1. The number of rotatable bonds is 7. The van der Waals surface area contributed by atoms with Crippen LogP contribution in [0.3, 0.4) is 0 Å². The van der Waals surface area contributed by atoms with Crippen molar-refractivity contribution in [2.24, 2.45) is 5.92 Å². The van der Waals surface area contributed by atoms with Crippen molar-refractivity contribution < 1.29 is 8.42 Å². The topological polar surface area (TPSA) is 58.2 Å². The van der Waals surface area contributed by atoms with E-state index in [0.717, 1.165) is 47.9 Å². The normalized spacial score (nSPS) is 17.2. The van der Waals surface area contributed by atoms with Gasteiger partial charge in [0.2, 0.25) is 10.0 Å². The molecule has 0 aromatic carbocycles. The third kappa shape index (κ3) is 4.96. The lowest BCUT2D eigenvalue weighted by Crippen LogP contribution is -2.30. The molecular formula is C14H24N2O2S3. The Labute approximate surface area is 136 Å². The third-order valence-corrected chi connectivity index (χ3v) is 7.88. The molecule has 0 saturated carbocycles. The minimum Gasteiger partial charge on any atom is -0.312 e. The van der Waals surface area contributed by atoms with Gasteiger partial charge in [-0.2, -0.15) is 11.8 Å². The summed E-state index contributed by atoms with van der Waals surface area (Å²) in [5.74, 6) is 2.79. The molecule has 2 N–H and O–H groups in total. The van der Waals surface area contributed by atoms with Crippen molar-refractivity contribution >= 4 is 33.1 Å². The predicted octanol–water partition coefficient (Wildman–Crippen LogP) is 2.59. The van der Waals surface area contributed by atoms with Crippen molar-refractivity contribution in [2.75, 3.05) is 24.6 Å². The van der Waals surface area contributed by atoms with Gasteiger partial charge in [-0.15, -0.1) is 11.3 Å². The lowest BCUT2D eigenvalue weighted by atomic mass is 10.0. The molecule has 1 aliphatic rings. The van der Waals surface area contributed by atoms with E-state index in [1.807, 2.05) is 25.6 Å². The van der Waals surface area contributed by atoms with Gasteiger partial charge < -0.3 is 5.32 Å². The molecule has 0 radical (unpaired) electrons. The van der Waals surface area contributed by atoms with E-state index in [4.69, 9.17) is 0 Å². The average molecular weight is 349 g/mol. The summed E-state index contributed by atoms with van der Waals surface area (Å²) in [6, 6.07) is 1.79. The zero-order valence-corrected chi connectivity index (χ0v) is 15.1. The van der Waals surface area contributed by atoms with Crippen molar-refractivity contribution in [1.29, 1.82) is 0 Å². The van der Waals surface area contributed by atoms with Gasteiger partial charge in [0.25, 0.3) is 0 Å². The highest BCUT2D eigenvalue weighted by atomic mass is 32.2. The molecule has 4 nitrogen and oxygen atoms in total. The van der Waals surface area contributed by atoms with Gasteiger partial charge in [-0.05, 0) is 55.4 Å². The lowest BCUT2D eigenvalue weighted by molar-refractivity contribution is 0.477. The zero-order chi connectivity index (χ0) is 15.3. The van der Waals surface area contributed by atoms with E-state index >= 15 is 0 Å². The first kappa shape index (κ1) is 17.3. The number of hydrogen-bond acceptors (Lipinski definition) is 5. The summed E-state index contributed by atoms with van der Waals surface area (Å²) in [5, 5.41) is 3.25. The maximum absolute atomic E-state index is 12.4. The number of aryl methyl sites for hydroxylation is 1. The van der Waals surface area contributed by atoms with Gasteiger partial charge in [0.15, 0.2) is 0 Å². The van der Waals surface area contributed by atoms with Crippen LogP contribution in [0.15, 0.2) is 10.3 Å². The third-order valence-electron chi connectivity index (χ3n) is 3.70. The average Bonchev–Trinajstić information content (AvgIpc) is 2.86. The van der Waals surface area contributed by atoms with Crippen LogP contribution in [0.25, 0.3) is 0 Å². The van der Waals surface area contributed by atoms with Gasteiger partial charge in [-0.25, -0.2) is 13.1 Å². The Balaban J connectivity index is 1.98. The van der Waals surface area contributed by atoms with Crippen molar-refractivity contribution in [1.82, 2.24) is 10.0 Å². The van der Waals surface area contributed by atoms with E-state index < -0.39 is 10.0 Å². The molecule has 0 unspecified atom stereocenters. The molecule has 0 aliphatic carbocycles. The maximum Gasteiger partial charge on any atom is 0.250 e. The monoisotopic (exact) mass is 348 g/mol. The maximum atomic E-state index is 12.4. The van der Waals surface area contributed by atoms with Crippen LogP contribution in [0, 0.1) is 12.8 Å². The molecule has 7 heteroatoms. The SMILES string of the molecule is CCNCc1sc(S(=O)(=O)NCC2CCSCC2)cc1C. The van der Waals surface area contributed by atoms with Crippen molar-refractivity contribution in [3.8, 4) is 0 Å². The second kappa shape index (κ2) is 7.97. The fourth-order valence-corrected chi connectivity index (χ4v) is 6.21. The van der Waals surface area contributed by atoms with E-state index in [2.05, 4.69) is 10.0 Å². The summed E-state index contributed by atoms with van der Waals surface area (Å²) >= 11 is 3.34. The molecule has 2 heterocycles. The van der Waals surface area contributed by atoms with Gasteiger partial charge in [-0.3, -0.25) is 0 Å². The van der Waals surface area contributed by atoms with Gasteiger partial charge in [0.1, 0.15) is 4.21 Å². The van der Waals surface area contributed by atoms with Gasteiger partial charge in [-0.1, -0.05) is 6.92 Å². The second-order valence-corrected chi connectivity index (χ2v) is 9.71. The fourth-order valence-electron chi connectivity index (χ4n) is 2.28. The molecule has 2 rings (SSSR count). The first-order valence-corrected chi connectivity index (χ1v) is 10.9. The minimum absolute atomic E-state index is 0.443. The van der Waals surface area contributed by atoms with Crippen LogP contribution in [0.5, 0.6) is 0 Å². The van der Waals surface area contributed by atoms with E-state index in [0.29, 0.717) is 16.7 Å². The van der Waals surface area contributed by atoms with E-state index in [1.165, 1.54) is 11.3 Å². The smallest absolute Gasteiger partial charge is 0.250 e. The van der Waals surface area contributed by atoms with Crippen LogP contribution in [-0.2, 0) is 16.6 Å². The molecule has 1 fully saturated rings. The minimum atomic E-state index is -3.35. The van der Waals surface area contributed by atoms with Crippen LogP contribution in [0.4, 0.5) is 0 Å². The standard InChI is InChI=1S/C14H24N2O2S3/c1-3-15-10-13-11(2)8-14(20-13)21(17,18)16-9-12-4-6-19-7-5-12/h8,12,15-16H,3-7,9-10H2,1-2H3. The molecule has 1 saturated heterocycles. The fraction of sp³-hybridized carbons (Fsp3) is 0.714. The van der Waals surface area contributed by atoms with Crippen LogP contribution in [-0.4, -0.2) is 33.0 Å². The number of nitrogens with one attached hydrogen (secondary N) is 2. The Morgan fingerprint density at radius 1 is 1.33 bits per heavy atom. The van der Waals surface area contributed by atoms with Crippen molar-refractivity contribution in [3.63, 3.8) is 0 Å². The summed E-state index contributed by atoms with van der Waals surface area (Å²) in [7, 11) is -3.35. The molecule has 0 atom stereocenters. The molecule has 1 aromatic rings. The zero-order valence-electron chi connectivity index (χ0n) is 12.6. The van der Waals surface area contributed by atoms with Gasteiger partial charge in [0.05, 0.1) is 0 Å². The van der Waals surface area contributed by atoms with Crippen LogP contribution >= 0.6 is 23.1 Å². The second-order valence-electron chi connectivity index (χ2n) is 5.36. The Hall–Kier alpha value is -0.0800. The highest BCUT2D eigenvalue weighted by molar-refractivity contribution is 7.99. The first-order chi connectivity index (χ1) is 10.0. The van der Waals surface area contributed by atoms with E-state index in [9.17, 15) is 8.42 Å². The Kier molecular flexibility index (Phi) is 6.55. The Bertz CT molecular complexity index is 549. The number of sulfonamides is 1. The highest BCUT2D eigenvalue weighted by Crippen LogP contribution is 2.27. The van der Waals surface area contributed by atoms with Crippen LogP contribution in [0.2, 0.25) is 0 Å². The number of thioether (sulfide) groups is 1. The quantitative estimate of drug-likeness (QED) is 0.795. The van der Waals surface area contributed by atoms with Crippen molar-refractivity contribution in [3.05, 3.63) is 16.5 Å². The number of hydrogen-bond donors (Lipinski definition) is 2. The predicted molar refractivity (Wildman–Crippen MR) is 91.7 cm³/mol. The molecule has 120 valence electrons. The van der Waals surface area contributed by atoms with Crippen molar-refractivity contribution in [2.45, 2.75) is 37.4 Å². The molecule has 1 aromatic heterocycles. The highest BCUT2D eigenvalue weighted by Gasteiger charge is 2.21. The Morgan fingerprint density at radius 2 is 2.05 bits per heavy atom. The summed E-state index contributed by atoms with van der Waals surface area (Å²) < 4.78 is 28.0. The largest absolute Gasteiger partial charge is 0.312 e. The summed E-state index contributed by atoms with van der Waals surface area (Å²) in [6.45, 7) is 6.22. The first-order valence-electron chi connectivity index (χ1n) is 7.40.